The molecule has 0 saturated heterocycles. The first kappa shape index (κ1) is 29.7. The number of hydrogen-bond acceptors (Lipinski definition) is 8. The Morgan fingerprint density at radius 3 is 2.53 bits per heavy atom. The second kappa shape index (κ2) is 13.7. The lowest BCUT2D eigenvalue weighted by Crippen LogP contribution is -2.75. The number of amidine groups is 1. The maximum Gasteiger partial charge on any atom is 0.419 e. The predicted molar refractivity (Wildman–Crippen MR) is 140 cm³/mol. The number of nitrogens with one attached hydrogen (secondary N) is 3. The van der Waals surface area contributed by atoms with E-state index >= 15 is 0 Å². The molecule has 0 bridgehead atoms. The summed E-state index contributed by atoms with van der Waals surface area (Å²) in [7, 11) is 0. The molecule has 204 valence electrons. The van der Waals surface area contributed by atoms with Crippen molar-refractivity contribution >= 4 is 41.7 Å². The van der Waals surface area contributed by atoms with Crippen molar-refractivity contribution in [2.24, 2.45) is 16.5 Å². The van der Waals surface area contributed by atoms with E-state index in [2.05, 4.69) is 20.3 Å². The SMILES string of the molecule is CCNC(=O)c1c[nH]c(C(=Nc2cc(C(=O)N(CC)C(=O)OCOC(=O)C(C)N)ccc2C)[NH+]=CN)c1C. The second-order valence-corrected chi connectivity index (χ2v) is 8.16. The van der Waals surface area contributed by atoms with Gasteiger partial charge in [0.15, 0.2) is 6.34 Å². The number of nitrogens with two attached hydrogens (primary N) is 2. The Bertz CT molecular complexity index is 1250. The largest absolute Gasteiger partial charge is 0.427 e. The number of aliphatic imine (C=N–C) groups is 1. The number of imide groups is 1. The van der Waals surface area contributed by atoms with E-state index in [9.17, 15) is 19.2 Å². The molecule has 1 aromatic heterocycles. The number of aryl methyl sites for hydroxylation is 1. The average Bonchev–Trinajstić information content (AvgIpc) is 3.26. The Morgan fingerprint density at radius 1 is 1.21 bits per heavy atom. The van der Waals surface area contributed by atoms with E-state index in [1.54, 1.807) is 39.1 Å². The molecule has 0 saturated carbocycles. The number of ether oxygens (including phenoxy) is 2. The van der Waals surface area contributed by atoms with Gasteiger partial charge in [0.2, 0.25) is 6.79 Å². The molecule has 2 aromatic rings. The maximum absolute atomic E-state index is 13.1. The molecule has 1 heterocycles. The summed E-state index contributed by atoms with van der Waals surface area (Å²) in [4.78, 5) is 60.7. The van der Waals surface area contributed by atoms with Gasteiger partial charge in [-0.2, -0.15) is 0 Å². The maximum atomic E-state index is 13.1. The standard InChI is InChI=1S/C25H33N7O6/c1-6-28-22(33)18-11-29-20(15(18)4)21(30-12-26)31-19-10-17(9-8-14(19)3)23(34)32(7-2)25(36)38-13-37-24(35)16(5)27/h8-12,16,29H,6-7,13,27H2,1-5H3,(H,28,33)(H2,26,30,31)/p+1. The zero-order chi connectivity index (χ0) is 28.4. The molecule has 1 unspecified atom stereocenters. The number of rotatable bonds is 9. The fourth-order valence-corrected chi connectivity index (χ4v) is 3.31. The number of nitrogens with zero attached hydrogens (tertiary/aromatic N) is 2. The van der Waals surface area contributed by atoms with E-state index in [4.69, 9.17) is 20.9 Å². The van der Waals surface area contributed by atoms with Crippen LogP contribution >= 0.6 is 0 Å². The molecule has 0 radical (unpaired) electrons. The molecule has 0 aliphatic heterocycles. The van der Waals surface area contributed by atoms with Crippen molar-refractivity contribution in [3.63, 3.8) is 0 Å². The Labute approximate surface area is 220 Å². The average molecular weight is 529 g/mol. The summed E-state index contributed by atoms with van der Waals surface area (Å²) in [6.45, 7) is 8.23. The monoisotopic (exact) mass is 528 g/mol. The Kier molecular flexibility index (Phi) is 10.7. The zero-order valence-corrected chi connectivity index (χ0v) is 22.1. The van der Waals surface area contributed by atoms with Crippen molar-refractivity contribution in [3.8, 4) is 0 Å². The van der Waals surface area contributed by atoms with E-state index in [1.165, 1.54) is 19.3 Å². The van der Waals surface area contributed by atoms with Gasteiger partial charge >= 0.3 is 12.1 Å². The minimum absolute atomic E-state index is 0.00456. The van der Waals surface area contributed by atoms with Crippen LogP contribution in [-0.4, -0.2) is 71.9 Å². The minimum Gasteiger partial charge on any atom is -0.427 e. The number of carbonyl (C=O) groups is 4. The van der Waals surface area contributed by atoms with Gasteiger partial charge in [-0.15, -0.1) is 4.99 Å². The first-order valence-electron chi connectivity index (χ1n) is 11.9. The van der Waals surface area contributed by atoms with Crippen LogP contribution < -0.4 is 21.8 Å². The molecule has 13 nitrogen and oxygen atoms in total. The quantitative estimate of drug-likeness (QED) is 0.129. The lowest BCUT2D eigenvalue weighted by Gasteiger charge is -2.19. The van der Waals surface area contributed by atoms with Crippen LogP contribution in [0.1, 0.15) is 58.3 Å². The smallest absolute Gasteiger partial charge is 0.419 e. The van der Waals surface area contributed by atoms with Crippen molar-refractivity contribution in [3.05, 3.63) is 52.3 Å². The molecule has 38 heavy (non-hydrogen) atoms. The number of aromatic amines is 1. The summed E-state index contributed by atoms with van der Waals surface area (Å²) in [6.07, 6.45) is 1.79. The number of amides is 3. The highest BCUT2D eigenvalue weighted by molar-refractivity contribution is 6.04. The lowest BCUT2D eigenvalue weighted by atomic mass is 10.1. The fourth-order valence-electron chi connectivity index (χ4n) is 3.31. The van der Waals surface area contributed by atoms with Gasteiger partial charge in [0, 0.05) is 24.8 Å². The second-order valence-electron chi connectivity index (χ2n) is 8.16. The summed E-state index contributed by atoms with van der Waals surface area (Å²) in [6, 6.07) is 3.87. The molecule has 0 aliphatic rings. The topological polar surface area (TPSA) is 196 Å². The van der Waals surface area contributed by atoms with E-state index in [-0.39, 0.29) is 18.0 Å². The van der Waals surface area contributed by atoms with Gasteiger partial charge in [-0.3, -0.25) is 14.4 Å². The predicted octanol–water partition coefficient (Wildman–Crippen LogP) is -0.0263. The third kappa shape index (κ3) is 7.26. The van der Waals surface area contributed by atoms with Crippen molar-refractivity contribution in [1.29, 1.82) is 0 Å². The molecular weight excluding hydrogens is 494 g/mol. The molecule has 7 N–H and O–H groups in total. The molecule has 1 aromatic carbocycles. The van der Waals surface area contributed by atoms with Crippen LogP contribution in [-0.2, 0) is 14.3 Å². The molecule has 3 amide bonds. The first-order chi connectivity index (χ1) is 18.0. The summed E-state index contributed by atoms with van der Waals surface area (Å²) in [5.74, 6) is -1.30. The minimum atomic E-state index is -0.986. The Morgan fingerprint density at radius 2 is 1.92 bits per heavy atom. The number of carbonyl (C=O) groups excluding carboxylic acids is 4. The Hall–Kier alpha value is -4.52. The highest BCUT2D eigenvalue weighted by Crippen LogP contribution is 2.23. The van der Waals surface area contributed by atoms with E-state index in [1.807, 2.05) is 6.92 Å². The van der Waals surface area contributed by atoms with Gasteiger partial charge in [-0.25, -0.2) is 14.7 Å². The van der Waals surface area contributed by atoms with Crippen LogP contribution in [0.15, 0.2) is 29.4 Å². The highest BCUT2D eigenvalue weighted by atomic mass is 16.7. The van der Waals surface area contributed by atoms with Crippen LogP contribution in [0.3, 0.4) is 0 Å². The lowest BCUT2D eigenvalue weighted by molar-refractivity contribution is -0.309. The number of H-pyrrole nitrogens is 1. The van der Waals surface area contributed by atoms with Crippen molar-refractivity contribution in [2.75, 3.05) is 19.9 Å². The summed E-state index contributed by atoms with van der Waals surface area (Å²) in [5.41, 5.74) is 14.0. The molecular formula is C25H34N7O6+. The third-order valence-corrected chi connectivity index (χ3v) is 5.40. The summed E-state index contributed by atoms with van der Waals surface area (Å²) >= 11 is 0. The van der Waals surface area contributed by atoms with Gasteiger partial charge in [-0.1, -0.05) is 6.07 Å². The number of esters is 1. The van der Waals surface area contributed by atoms with Crippen LogP contribution in [0.5, 0.6) is 0 Å². The zero-order valence-electron chi connectivity index (χ0n) is 22.1. The fraction of sp³-hybridized carbons (Fsp3) is 0.360. The number of aromatic nitrogens is 1. The molecule has 1 atom stereocenters. The number of benzene rings is 1. The van der Waals surface area contributed by atoms with Gasteiger partial charge in [0.1, 0.15) is 17.4 Å². The van der Waals surface area contributed by atoms with Crippen LogP contribution in [0.4, 0.5) is 10.5 Å². The molecule has 2 rings (SSSR count). The van der Waals surface area contributed by atoms with Gasteiger partial charge in [0.25, 0.3) is 17.6 Å². The Balaban J connectivity index is 2.35. The molecule has 0 fully saturated rings. The molecule has 0 aliphatic carbocycles. The molecule has 13 heteroatoms. The normalized spacial score (nSPS) is 12.2. The van der Waals surface area contributed by atoms with E-state index in [0.29, 0.717) is 34.9 Å². The summed E-state index contributed by atoms with van der Waals surface area (Å²) in [5, 5.41) is 2.75. The van der Waals surface area contributed by atoms with Crippen LogP contribution in [0.25, 0.3) is 0 Å². The highest BCUT2D eigenvalue weighted by Gasteiger charge is 2.25. The van der Waals surface area contributed by atoms with Crippen LogP contribution in [0, 0.1) is 13.8 Å². The van der Waals surface area contributed by atoms with E-state index in [0.717, 1.165) is 10.5 Å². The van der Waals surface area contributed by atoms with Crippen molar-refractivity contribution in [1.82, 2.24) is 15.2 Å². The first-order valence-corrected chi connectivity index (χ1v) is 11.9. The van der Waals surface area contributed by atoms with Gasteiger partial charge in [-0.05, 0) is 57.9 Å². The summed E-state index contributed by atoms with van der Waals surface area (Å²) < 4.78 is 9.62. The molecule has 0 spiro atoms. The van der Waals surface area contributed by atoms with Gasteiger partial charge < -0.3 is 31.2 Å². The van der Waals surface area contributed by atoms with E-state index < -0.39 is 30.8 Å². The van der Waals surface area contributed by atoms with Gasteiger partial charge in [0.05, 0.1) is 5.56 Å². The third-order valence-electron chi connectivity index (χ3n) is 5.40. The van der Waals surface area contributed by atoms with Crippen LogP contribution in [0.2, 0.25) is 0 Å². The van der Waals surface area contributed by atoms with Crippen molar-refractivity contribution < 1.29 is 33.6 Å². The van der Waals surface area contributed by atoms with Crippen molar-refractivity contribution in [2.45, 2.75) is 40.7 Å². The number of hydrogen-bond donors (Lipinski definition) is 5.